The van der Waals surface area contributed by atoms with E-state index in [0.29, 0.717) is 30.4 Å². The summed E-state index contributed by atoms with van der Waals surface area (Å²) in [7, 11) is -3.31. The van der Waals surface area contributed by atoms with Crippen LogP contribution < -0.4 is 5.32 Å². The first-order chi connectivity index (χ1) is 12.6. The average molecular weight is 393 g/mol. The lowest BCUT2D eigenvalue weighted by Gasteiger charge is -2.26. The Kier molecular flexibility index (Phi) is 4.44. The molecule has 1 amide bonds. The van der Waals surface area contributed by atoms with Gasteiger partial charge in [-0.1, -0.05) is 20.8 Å². The van der Waals surface area contributed by atoms with Gasteiger partial charge in [-0.2, -0.15) is 0 Å². The van der Waals surface area contributed by atoms with Crippen molar-refractivity contribution in [2.75, 3.05) is 25.0 Å². The molecule has 0 spiro atoms. The number of hydrogen-bond donors (Lipinski definition) is 1. The third kappa shape index (κ3) is 3.95. The third-order valence-corrected chi connectivity index (χ3v) is 7.73. The number of fused-ring (bicyclic) bond motifs is 3. The zero-order valence-electron chi connectivity index (χ0n) is 16.2. The van der Waals surface area contributed by atoms with E-state index in [1.54, 1.807) is 11.1 Å². The molecular formula is C19H28N4O3S. The minimum absolute atomic E-state index is 0.0230. The molecule has 0 bridgehead atoms. The number of carbonyl (C=O) groups excluding carboxylic acids is 1. The monoisotopic (exact) mass is 392 g/mol. The first-order valence-corrected chi connectivity index (χ1v) is 11.4. The molecule has 1 aromatic rings. The van der Waals surface area contributed by atoms with E-state index in [-0.39, 0.29) is 29.5 Å². The van der Waals surface area contributed by atoms with E-state index < -0.39 is 15.1 Å². The zero-order chi connectivity index (χ0) is 19.4. The highest BCUT2D eigenvalue weighted by Gasteiger charge is 2.48. The molecule has 7 nitrogen and oxygen atoms in total. The van der Waals surface area contributed by atoms with E-state index in [2.05, 4.69) is 15.3 Å². The number of carbonyl (C=O) groups is 1. The summed E-state index contributed by atoms with van der Waals surface area (Å²) in [6.07, 6.45) is 4.54. The number of sulfone groups is 1. The number of rotatable bonds is 4. The highest BCUT2D eigenvalue weighted by molar-refractivity contribution is 7.91. The molecule has 1 aromatic heterocycles. The fourth-order valence-electron chi connectivity index (χ4n) is 3.99. The smallest absolute Gasteiger partial charge is 0.223 e. The van der Waals surface area contributed by atoms with Crippen molar-refractivity contribution in [3.63, 3.8) is 0 Å². The lowest BCUT2D eigenvalue weighted by Crippen LogP contribution is -2.36. The predicted molar refractivity (Wildman–Crippen MR) is 103 cm³/mol. The Morgan fingerprint density at radius 2 is 2.04 bits per heavy atom. The van der Waals surface area contributed by atoms with Gasteiger partial charge in [-0.05, 0) is 24.2 Å². The molecule has 1 aliphatic carbocycles. The Hall–Kier alpha value is -1.70. The van der Waals surface area contributed by atoms with Gasteiger partial charge in [0.15, 0.2) is 9.84 Å². The standard InChI is InChI=1S/C19H28N4O3S/c1-19(2,3)6-16(24)23-9-14-15(10-23)27(25,26)11-13-8-21-18(22-17(13)14)20-7-12-4-5-12/h8,12,14-15H,4-7,9-11H2,1-3H3,(H,20,21,22)/t14-,15+/m0/s1. The summed E-state index contributed by atoms with van der Waals surface area (Å²) in [5.74, 6) is 1.00. The molecule has 3 heterocycles. The topological polar surface area (TPSA) is 92.3 Å². The molecule has 27 heavy (non-hydrogen) atoms. The van der Waals surface area contributed by atoms with Gasteiger partial charge in [0.25, 0.3) is 0 Å². The van der Waals surface area contributed by atoms with Gasteiger partial charge in [0.1, 0.15) is 0 Å². The normalized spacial score (nSPS) is 26.4. The number of aromatic nitrogens is 2. The van der Waals surface area contributed by atoms with E-state index in [0.717, 1.165) is 12.2 Å². The first kappa shape index (κ1) is 18.7. The number of hydrogen-bond acceptors (Lipinski definition) is 6. The summed E-state index contributed by atoms with van der Waals surface area (Å²) in [6.45, 7) is 7.61. The molecule has 2 atom stereocenters. The fraction of sp³-hybridized carbons (Fsp3) is 0.737. The molecule has 0 radical (unpaired) electrons. The van der Waals surface area contributed by atoms with Crippen LogP contribution in [0.3, 0.4) is 0 Å². The van der Waals surface area contributed by atoms with Gasteiger partial charge < -0.3 is 10.2 Å². The molecule has 1 saturated heterocycles. The van der Waals surface area contributed by atoms with Gasteiger partial charge in [-0.25, -0.2) is 18.4 Å². The van der Waals surface area contributed by atoms with Gasteiger partial charge >= 0.3 is 0 Å². The summed E-state index contributed by atoms with van der Waals surface area (Å²) in [5.41, 5.74) is 1.36. The fourth-order valence-corrected chi connectivity index (χ4v) is 5.98. The van der Waals surface area contributed by atoms with E-state index in [9.17, 15) is 13.2 Å². The van der Waals surface area contributed by atoms with E-state index >= 15 is 0 Å². The molecular weight excluding hydrogens is 364 g/mol. The van der Waals surface area contributed by atoms with Crippen LogP contribution in [0.1, 0.15) is 57.2 Å². The summed E-state index contributed by atoms with van der Waals surface area (Å²) in [6, 6.07) is 0. The highest BCUT2D eigenvalue weighted by atomic mass is 32.2. The number of anilines is 1. The Labute approximate surface area is 160 Å². The Balaban J connectivity index is 1.58. The number of amides is 1. The van der Waals surface area contributed by atoms with Gasteiger partial charge in [-0.15, -0.1) is 0 Å². The Morgan fingerprint density at radius 3 is 2.70 bits per heavy atom. The van der Waals surface area contributed by atoms with Crippen LogP contribution >= 0.6 is 0 Å². The van der Waals surface area contributed by atoms with Gasteiger partial charge in [0, 0.05) is 43.7 Å². The lowest BCUT2D eigenvalue weighted by molar-refractivity contribution is -0.132. The third-order valence-electron chi connectivity index (χ3n) is 5.61. The minimum atomic E-state index is -3.31. The van der Waals surface area contributed by atoms with Crippen LogP contribution in [0.5, 0.6) is 0 Å². The van der Waals surface area contributed by atoms with Crippen molar-refractivity contribution in [2.45, 2.75) is 57.0 Å². The predicted octanol–water partition coefficient (Wildman–Crippen LogP) is 1.96. The molecule has 148 valence electrons. The van der Waals surface area contributed by atoms with Crippen LogP contribution in [0.4, 0.5) is 5.95 Å². The molecule has 2 aliphatic heterocycles. The van der Waals surface area contributed by atoms with Crippen LogP contribution in [0.25, 0.3) is 0 Å². The minimum Gasteiger partial charge on any atom is -0.354 e. The van der Waals surface area contributed by atoms with Crippen LogP contribution in [-0.4, -0.2) is 54.1 Å². The zero-order valence-corrected chi connectivity index (χ0v) is 17.1. The second-order valence-corrected chi connectivity index (χ2v) is 11.6. The van der Waals surface area contributed by atoms with Crippen molar-refractivity contribution in [3.05, 3.63) is 17.5 Å². The van der Waals surface area contributed by atoms with Crippen LogP contribution in [0, 0.1) is 11.3 Å². The second-order valence-electron chi connectivity index (χ2n) is 9.42. The van der Waals surface area contributed by atoms with E-state index in [4.69, 9.17) is 0 Å². The van der Waals surface area contributed by atoms with Crippen LogP contribution in [0.15, 0.2) is 6.20 Å². The van der Waals surface area contributed by atoms with Gasteiger partial charge in [-0.3, -0.25) is 4.79 Å². The maximum Gasteiger partial charge on any atom is 0.223 e. The van der Waals surface area contributed by atoms with Crippen LogP contribution in [0.2, 0.25) is 0 Å². The summed E-state index contributed by atoms with van der Waals surface area (Å²) in [4.78, 5) is 23.4. The first-order valence-electron chi connectivity index (χ1n) is 9.71. The van der Waals surface area contributed by atoms with E-state index in [1.165, 1.54) is 12.8 Å². The van der Waals surface area contributed by atoms with Crippen LogP contribution in [-0.2, 0) is 20.4 Å². The Morgan fingerprint density at radius 1 is 1.30 bits per heavy atom. The van der Waals surface area contributed by atoms with Gasteiger partial charge in [0.05, 0.1) is 16.7 Å². The second kappa shape index (κ2) is 6.43. The van der Waals surface area contributed by atoms with Crippen molar-refractivity contribution >= 4 is 21.7 Å². The lowest BCUT2D eigenvalue weighted by atomic mass is 9.91. The van der Waals surface area contributed by atoms with Gasteiger partial charge in [0.2, 0.25) is 11.9 Å². The van der Waals surface area contributed by atoms with E-state index in [1.807, 2.05) is 20.8 Å². The number of nitrogens with zero attached hydrogens (tertiary/aromatic N) is 3. The maximum absolute atomic E-state index is 12.8. The average Bonchev–Trinajstić information content (AvgIpc) is 3.26. The molecule has 2 fully saturated rings. The largest absolute Gasteiger partial charge is 0.354 e. The van der Waals surface area contributed by atoms with Crippen molar-refractivity contribution in [1.29, 1.82) is 0 Å². The quantitative estimate of drug-likeness (QED) is 0.842. The maximum atomic E-state index is 12.8. The molecule has 3 aliphatic rings. The Bertz CT molecular complexity index is 858. The van der Waals surface area contributed by atoms with Crippen molar-refractivity contribution in [2.24, 2.45) is 11.3 Å². The highest BCUT2D eigenvalue weighted by Crippen LogP contribution is 2.40. The van der Waals surface area contributed by atoms with Crippen molar-refractivity contribution < 1.29 is 13.2 Å². The SMILES string of the molecule is CC(C)(C)CC(=O)N1C[C@@H]2c3nc(NCC4CC4)ncc3CS(=O)(=O)[C@@H]2C1. The molecule has 8 heteroatoms. The summed E-state index contributed by atoms with van der Waals surface area (Å²) in [5, 5.41) is 2.71. The van der Waals surface area contributed by atoms with Crippen molar-refractivity contribution in [3.8, 4) is 0 Å². The number of nitrogens with one attached hydrogen (secondary N) is 1. The molecule has 0 unspecified atom stereocenters. The molecule has 0 aromatic carbocycles. The summed E-state index contributed by atoms with van der Waals surface area (Å²) < 4.78 is 25.6. The molecule has 1 saturated carbocycles. The molecule has 4 rings (SSSR count). The molecule has 1 N–H and O–H groups in total. The van der Waals surface area contributed by atoms with Crippen molar-refractivity contribution in [1.82, 2.24) is 14.9 Å². The summed E-state index contributed by atoms with van der Waals surface area (Å²) >= 11 is 0. The number of likely N-dealkylation sites (tertiary alicyclic amines) is 1.